The number of ether oxygens (including phenoxy) is 1. The third-order valence-electron chi connectivity index (χ3n) is 4.21. The van der Waals surface area contributed by atoms with Crippen LogP contribution in [0.4, 0.5) is 0 Å². The van der Waals surface area contributed by atoms with Crippen LogP contribution in [0.3, 0.4) is 0 Å². The Labute approximate surface area is 116 Å². The lowest BCUT2D eigenvalue weighted by molar-refractivity contribution is 0.203. The Morgan fingerprint density at radius 3 is 2.84 bits per heavy atom. The molecule has 1 aliphatic rings. The van der Waals surface area contributed by atoms with Gasteiger partial charge in [-0.2, -0.15) is 0 Å². The second-order valence-corrected chi connectivity index (χ2v) is 5.57. The predicted molar refractivity (Wildman–Crippen MR) is 79.4 cm³/mol. The number of rotatable bonds is 4. The molecule has 2 atom stereocenters. The zero-order valence-corrected chi connectivity index (χ0v) is 12.1. The largest absolute Gasteiger partial charge is 0.496 e. The fraction of sp³-hybridized carbons (Fsp3) is 0.625. The molecule has 0 radical (unpaired) electrons. The first-order valence-corrected chi connectivity index (χ1v) is 7.33. The number of methoxy groups -OCH3 is 1. The summed E-state index contributed by atoms with van der Waals surface area (Å²) in [6.07, 6.45) is 3.87. The van der Waals surface area contributed by atoms with Crippen molar-refractivity contribution in [2.75, 3.05) is 26.7 Å². The molecule has 3 nitrogen and oxygen atoms in total. The van der Waals surface area contributed by atoms with Gasteiger partial charge in [-0.1, -0.05) is 25.1 Å². The molecule has 1 fully saturated rings. The van der Waals surface area contributed by atoms with Crippen LogP contribution < -0.4 is 10.5 Å². The Morgan fingerprint density at radius 1 is 1.32 bits per heavy atom. The van der Waals surface area contributed by atoms with Crippen molar-refractivity contribution in [3.8, 4) is 5.75 Å². The van der Waals surface area contributed by atoms with Crippen LogP contribution in [0, 0.1) is 5.92 Å². The Bertz CT molecular complexity index is 394. The first-order valence-electron chi connectivity index (χ1n) is 7.33. The fourth-order valence-electron chi connectivity index (χ4n) is 3.01. The van der Waals surface area contributed by atoms with Gasteiger partial charge in [0.15, 0.2) is 0 Å². The highest BCUT2D eigenvalue weighted by molar-refractivity contribution is 5.36. The maximum Gasteiger partial charge on any atom is 0.123 e. The van der Waals surface area contributed by atoms with Crippen LogP contribution >= 0.6 is 0 Å². The van der Waals surface area contributed by atoms with Gasteiger partial charge in [-0.05, 0) is 44.3 Å². The summed E-state index contributed by atoms with van der Waals surface area (Å²) in [7, 11) is 1.73. The second-order valence-electron chi connectivity index (χ2n) is 5.57. The monoisotopic (exact) mass is 262 g/mol. The first-order chi connectivity index (χ1) is 9.26. The van der Waals surface area contributed by atoms with Gasteiger partial charge in [0, 0.05) is 12.1 Å². The van der Waals surface area contributed by atoms with Gasteiger partial charge in [0.25, 0.3) is 0 Å². The number of para-hydroxylation sites is 1. The fourth-order valence-corrected chi connectivity index (χ4v) is 3.01. The molecule has 1 saturated heterocycles. The molecule has 1 aliphatic heterocycles. The molecule has 106 valence electrons. The molecule has 0 amide bonds. The van der Waals surface area contributed by atoms with Crippen molar-refractivity contribution in [2.24, 2.45) is 11.7 Å². The Kier molecular flexibility index (Phi) is 5.23. The summed E-state index contributed by atoms with van der Waals surface area (Å²) in [5.41, 5.74) is 7.27. The van der Waals surface area contributed by atoms with E-state index in [9.17, 15) is 0 Å². The highest BCUT2D eigenvalue weighted by atomic mass is 16.5. The number of benzene rings is 1. The third-order valence-corrected chi connectivity index (χ3v) is 4.21. The van der Waals surface area contributed by atoms with E-state index >= 15 is 0 Å². The molecule has 0 saturated carbocycles. The van der Waals surface area contributed by atoms with Crippen LogP contribution in [0.2, 0.25) is 0 Å². The van der Waals surface area contributed by atoms with Gasteiger partial charge >= 0.3 is 0 Å². The summed E-state index contributed by atoms with van der Waals surface area (Å²) in [4.78, 5) is 2.53. The molecule has 0 aromatic heterocycles. The number of hydrogen-bond acceptors (Lipinski definition) is 3. The van der Waals surface area contributed by atoms with Crippen molar-refractivity contribution in [1.29, 1.82) is 0 Å². The molecule has 2 rings (SSSR count). The van der Waals surface area contributed by atoms with Gasteiger partial charge in [-0.3, -0.25) is 4.90 Å². The van der Waals surface area contributed by atoms with Crippen molar-refractivity contribution in [3.05, 3.63) is 29.8 Å². The minimum Gasteiger partial charge on any atom is -0.496 e. The molecule has 0 spiro atoms. The Hall–Kier alpha value is -1.06. The summed E-state index contributed by atoms with van der Waals surface area (Å²) in [6.45, 7) is 5.28. The lowest BCUT2D eigenvalue weighted by atomic mass is 10.0. The van der Waals surface area contributed by atoms with Crippen LogP contribution in [0.15, 0.2) is 24.3 Å². The first kappa shape index (κ1) is 14.4. The van der Waals surface area contributed by atoms with E-state index in [1.54, 1.807) is 7.11 Å². The molecule has 19 heavy (non-hydrogen) atoms. The van der Waals surface area contributed by atoms with Crippen molar-refractivity contribution in [3.63, 3.8) is 0 Å². The van der Waals surface area contributed by atoms with Crippen molar-refractivity contribution < 1.29 is 4.74 Å². The van der Waals surface area contributed by atoms with Crippen LogP contribution in [-0.4, -0.2) is 31.6 Å². The zero-order chi connectivity index (χ0) is 13.7. The summed E-state index contributed by atoms with van der Waals surface area (Å²) >= 11 is 0. The number of nitrogens with two attached hydrogens (primary N) is 1. The predicted octanol–water partition coefficient (Wildman–Crippen LogP) is 2.82. The maximum atomic E-state index is 6.05. The molecule has 0 bridgehead atoms. The van der Waals surface area contributed by atoms with E-state index < -0.39 is 0 Å². The lowest BCUT2D eigenvalue weighted by Crippen LogP contribution is -2.34. The van der Waals surface area contributed by atoms with E-state index in [2.05, 4.69) is 24.0 Å². The molecule has 0 aliphatic carbocycles. The van der Waals surface area contributed by atoms with Gasteiger partial charge in [0.2, 0.25) is 0 Å². The summed E-state index contributed by atoms with van der Waals surface area (Å²) < 4.78 is 5.49. The Balaban J connectivity index is 2.18. The van der Waals surface area contributed by atoms with Gasteiger partial charge in [-0.25, -0.2) is 0 Å². The molecule has 1 heterocycles. The molecular formula is C16H26N2O. The number of likely N-dealkylation sites (tertiary alicyclic amines) is 1. The van der Waals surface area contributed by atoms with E-state index in [0.717, 1.165) is 24.8 Å². The van der Waals surface area contributed by atoms with E-state index in [-0.39, 0.29) is 6.04 Å². The number of hydrogen-bond donors (Lipinski definition) is 1. The van der Waals surface area contributed by atoms with Gasteiger partial charge in [-0.15, -0.1) is 0 Å². The smallest absolute Gasteiger partial charge is 0.123 e. The van der Waals surface area contributed by atoms with Crippen LogP contribution in [-0.2, 0) is 0 Å². The molecular weight excluding hydrogens is 236 g/mol. The van der Waals surface area contributed by atoms with Crippen molar-refractivity contribution in [1.82, 2.24) is 4.90 Å². The molecule has 3 heteroatoms. The van der Waals surface area contributed by atoms with E-state index in [1.165, 1.54) is 24.8 Å². The van der Waals surface area contributed by atoms with Crippen LogP contribution in [0.5, 0.6) is 5.75 Å². The quantitative estimate of drug-likeness (QED) is 0.907. The molecule has 2 unspecified atom stereocenters. The van der Waals surface area contributed by atoms with E-state index in [4.69, 9.17) is 10.5 Å². The lowest BCUT2D eigenvalue weighted by Gasteiger charge is -2.31. The van der Waals surface area contributed by atoms with Gasteiger partial charge in [0.1, 0.15) is 5.75 Å². The summed E-state index contributed by atoms with van der Waals surface area (Å²) in [5.74, 6) is 1.79. The van der Waals surface area contributed by atoms with E-state index in [0.29, 0.717) is 6.54 Å². The topological polar surface area (TPSA) is 38.5 Å². The van der Waals surface area contributed by atoms with Crippen LogP contribution in [0.25, 0.3) is 0 Å². The maximum absolute atomic E-state index is 6.05. The van der Waals surface area contributed by atoms with Crippen molar-refractivity contribution >= 4 is 0 Å². The standard InChI is InChI=1S/C16H26N2O/c1-13-6-5-10-18(11-9-13)15(12-17)14-7-3-4-8-16(14)19-2/h3-4,7-8,13,15H,5-6,9-12,17H2,1-2H3. The van der Waals surface area contributed by atoms with Crippen molar-refractivity contribution in [2.45, 2.75) is 32.2 Å². The highest BCUT2D eigenvalue weighted by Crippen LogP contribution is 2.30. The molecule has 1 aromatic rings. The van der Waals surface area contributed by atoms with Gasteiger partial charge < -0.3 is 10.5 Å². The van der Waals surface area contributed by atoms with E-state index in [1.807, 2.05) is 12.1 Å². The third kappa shape index (κ3) is 3.48. The minimum absolute atomic E-state index is 0.279. The van der Waals surface area contributed by atoms with Gasteiger partial charge in [0.05, 0.1) is 13.2 Å². The SMILES string of the molecule is COc1ccccc1C(CN)N1CCCC(C)CC1. The second kappa shape index (κ2) is 6.92. The normalized spacial score (nSPS) is 22.8. The zero-order valence-electron chi connectivity index (χ0n) is 12.1. The Morgan fingerprint density at radius 2 is 2.11 bits per heavy atom. The summed E-state index contributed by atoms with van der Waals surface area (Å²) in [6, 6.07) is 8.53. The number of nitrogens with zero attached hydrogens (tertiary/aromatic N) is 1. The highest BCUT2D eigenvalue weighted by Gasteiger charge is 2.24. The molecule has 2 N–H and O–H groups in total. The summed E-state index contributed by atoms with van der Waals surface area (Å²) in [5, 5.41) is 0. The average Bonchev–Trinajstić information content (AvgIpc) is 2.66. The van der Waals surface area contributed by atoms with Crippen LogP contribution in [0.1, 0.15) is 37.8 Å². The minimum atomic E-state index is 0.279. The average molecular weight is 262 g/mol. The molecule has 1 aromatic carbocycles.